The average molecular weight is 285 g/mol. The second-order valence-electron chi connectivity index (χ2n) is 5.51. The van der Waals surface area contributed by atoms with Gasteiger partial charge in [-0.05, 0) is 25.9 Å². The normalized spacial score (nSPS) is 30.7. The highest BCUT2D eigenvalue weighted by Crippen LogP contribution is 2.19. The molecule has 2 unspecified atom stereocenters. The Morgan fingerprint density at radius 2 is 2.15 bits per heavy atom. The Morgan fingerprint density at radius 3 is 2.80 bits per heavy atom. The van der Waals surface area contributed by atoms with Crippen LogP contribution in [0.2, 0.25) is 0 Å². The maximum absolute atomic E-state index is 12.1. The van der Waals surface area contributed by atoms with Gasteiger partial charge in [0, 0.05) is 25.6 Å². The number of aliphatic carboxylic acids is 1. The lowest BCUT2D eigenvalue weighted by Crippen LogP contribution is -2.49. The van der Waals surface area contributed by atoms with Crippen molar-refractivity contribution >= 4 is 12.0 Å². The van der Waals surface area contributed by atoms with E-state index in [0.717, 1.165) is 25.9 Å². The fourth-order valence-electron chi connectivity index (χ4n) is 3.12. The van der Waals surface area contributed by atoms with Gasteiger partial charge in [0.05, 0.1) is 6.10 Å². The van der Waals surface area contributed by atoms with E-state index in [1.807, 2.05) is 0 Å². The molecule has 2 heterocycles. The zero-order valence-corrected chi connectivity index (χ0v) is 11.8. The van der Waals surface area contributed by atoms with Crippen LogP contribution in [0.25, 0.3) is 0 Å². The lowest BCUT2D eigenvalue weighted by atomic mass is 10.2. The number of likely N-dealkylation sites (tertiary alicyclic amines) is 2. The Morgan fingerprint density at radius 1 is 1.40 bits per heavy atom. The molecule has 0 radical (unpaired) electrons. The molecule has 0 bridgehead atoms. The number of β-amino-alcohol motifs (C(OH)–C–C–N with tert-alkyl or cyclic N) is 1. The van der Waals surface area contributed by atoms with Gasteiger partial charge in [-0.2, -0.15) is 0 Å². The van der Waals surface area contributed by atoms with Crippen molar-refractivity contribution in [3.8, 4) is 0 Å². The maximum atomic E-state index is 12.1. The van der Waals surface area contributed by atoms with Crippen LogP contribution < -0.4 is 5.32 Å². The van der Waals surface area contributed by atoms with E-state index < -0.39 is 24.1 Å². The van der Waals surface area contributed by atoms with Crippen molar-refractivity contribution in [3.05, 3.63) is 0 Å². The van der Waals surface area contributed by atoms with E-state index in [1.54, 1.807) is 0 Å². The molecule has 0 aromatic carbocycles. The number of carbonyl (C=O) groups is 2. The van der Waals surface area contributed by atoms with Gasteiger partial charge < -0.3 is 20.4 Å². The van der Waals surface area contributed by atoms with Crippen LogP contribution in [0.15, 0.2) is 0 Å². The van der Waals surface area contributed by atoms with E-state index in [0.29, 0.717) is 12.6 Å². The SMILES string of the molecule is CCN1CCCC1CNC(=O)N1CC(O)C[C@H]1C(=O)O. The molecule has 0 spiro atoms. The first-order valence-electron chi connectivity index (χ1n) is 7.22. The number of amides is 2. The number of carbonyl (C=O) groups excluding carboxylic acids is 1. The predicted molar refractivity (Wildman–Crippen MR) is 72.4 cm³/mol. The van der Waals surface area contributed by atoms with E-state index in [4.69, 9.17) is 5.11 Å². The van der Waals surface area contributed by atoms with Crippen LogP contribution in [-0.4, -0.2) is 76.4 Å². The van der Waals surface area contributed by atoms with Crippen molar-refractivity contribution in [2.75, 3.05) is 26.2 Å². The van der Waals surface area contributed by atoms with Crippen LogP contribution in [0.5, 0.6) is 0 Å². The first-order valence-corrected chi connectivity index (χ1v) is 7.22. The Balaban J connectivity index is 1.86. The van der Waals surface area contributed by atoms with Gasteiger partial charge in [0.2, 0.25) is 0 Å². The lowest BCUT2D eigenvalue weighted by molar-refractivity contribution is -0.141. The third-order valence-corrected chi connectivity index (χ3v) is 4.22. The molecule has 7 heteroatoms. The number of carboxylic acid groups (broad SMARTS) is 1. The van der Waals surface area contributed by atoms with Gasteiger partial charge in [-0.3, -0.25) is 4.90 Å². The number of nitrogens with one attached hydrogen (secondary N) is 1. The quantitative estimate of drug-likeness (QED) is 0.659. The average Bonchev–Trinajstić information content (AvgIpc) is 3.01. The number of hydrogen-bond donors (Lipinski definition) is 3. The fraction of sp³-hybridized carbons (Fsp3) is 0.846. The molecule has 0 saturated carbocycles. The summed E-state index contributed by atoms with van der Waals surface area (Å²) < 4.78 is 0. The van der Waals surface area contributed by atoms with Crippen molar-refractivity contribution in [1.82, 2.24) is 15.1 Å². The number of aliphatic hydroxyl groups is 1. The standard InChI is InChI=1S/C13H23N3O4/c1-2-15-5-3-4-9(15)7-14-13(20)16-8-10(17)6-11(16)12(18)19/h9-11,17H,2-8H2,1H3,(H,14,20)(H,18,19)/t9?,10?,11-/m0/s1. The molecule has 0 aromatic heterocycles. The van der Waals surface area contributed by atoms with Crippen molar-refractivity contribution in [2.45, 2.75) is 44.4 Å². The summed E-state index contributed by atoms with van der Waals surface area (Å²) in [6, 6.07) is -0.979. The molecule has 2 amide bonds. The second kappa shape index (κ2) is 6.41. The maximum Gasteiger partial charge on any atom is 0.326 e. The molecule has 3 N–H and O–H groups in total. The summed E-state index contributed by atoms with van der Waals surface area (Å²) in [5, 5.41) is 21.4. The van der Waals surface area contributed by atoms with E-state index in [2.05, 4.69) is 17.1 Å². The Labute approximate surface area is 118 Å². The molecule has 2 fully saturated rings. The topological polar surface area (TPSA) is 93.1 Å². The molecule has 0 aromatic rings. The van der Waals surface area contributed by atoms with Crippen LogP contribution in [0.1, 0.15) is 26.2 Å². The molecule has 20 heavy (non-hydrogen) atoms. The smallest absolute Gasteiger partial charge is 0.326 e. The zero-order valence-electron chi connectivity index (χ0n) is 11.8. The lowest BCUT2D eigenvalue weighted by Gasteiger charge is -2.26. The molecule has 2 rings (SSSR count). The summed E-state index contributed by atoms with van der Waals surface area (Å²) in [6.07, 6.45) is 1.54. The highest BCUT2D eigenvalue weighted by Gasteiger charge is 2.39. The summed E-state index contributed by atoms with van der Waals surface area (Å²) in [4.78, 5) is 26.7. The third-order valence-electron chi connectivity index (χ3n) is 4.22. The van der Waals surface area contributed by atoms with Gasteiger partial charge in [0.25, 0.3) is 0 Å². The van der Waals surface area contributed by atoms with Gasteiger partial charge in [0.15, 0.2) is 0 Å². The number of carboxylic acids is 1. The summed E-state index contributed by atoms with van der Waals surface area (Å²) in [6.45, 7) is 4.73. The third kappa shape index (κ3) is 3.21. The number of rotatable bonds is 4. The zero-order chi connectivity index (χ0) is 14.7. The van der Waals surface area contributed by atoms with Crippen molar-refractivity contribution in [1.29, 1.82) is 0 Å². The van der Waals surface area contributed by atoms with Gasteiger partial charge in [-0.1, -0.05) is 6.92 Å². The summed E-state index contributed by atoms with van der Waals surface area (Å²) >= 11 is 0. The minimum atomic E-state index is -1.06. The predicted octanol–water partition coefficient (Wildman–Crippen LogP) is -0.300. The van der Waals surface area contributed by atoms with Crippen LogP contribution in [0, 0.1) is 0 Å². The van der Waals surface area contributed by atoms with Crippen molar-refractivity contribution in [3.63, 3.8) is 0 Å². The van der Waals surface area contributed by atoms with E-state index in [-0.39, 0.29) is 13.0 Å². The molecule has 2 aliphatic heterocycles. The van der Waals surface area contributed by atoms with Gasteiger partial charge >= 0.3 is 12.0 Å². The largest absolute Gasteiger partial charge is 0.480 e. The molecule has 114 valence electrons. The van der Waals surface area contributed by atoms with Crippen molar-refractivity contribution < 1.29 is 19.8 Å². The molecule has 3 atom stereocenters. The van der Waals surface area contributed by atoms with Crippen molar-refractivity contribution in [2.24, 2.45) is 0 Å². The molecule has 0 aliphatic carbocycles. The first kappa shape index (κ1) is 15.1. The number of likely N-dealkylation sites (N-methyl/N-ethyl adjacent to an activating group) is 1. The summed E-state index contributed by atoms with van der Waals surface area (Å²) in [7, 11) is 0. The number of urea groups is 1. The minimum absolute atomic E-state index is 0.0883. The van der Waals surface area contributed by atoms with Crippen LogP contribution in [-0.2, 0) is 4.79 Å². The highest BCUT2D eigenvalue weighted by molar-refractivity contribution is 5.83. The van der Waals surface area contributed by atoms with Crippen LogP contribution in [0.4, 0.5) is 4.79 Å². The Kier molecular flexibility index (Phi) is 4.82. The van der Waals surface area contributed by atoms with E-state index in [1.165, 1.54) is 4.90 Å². The van der Waals surface area contributed by atoms with Gasteiger partial charge in [-0.15, -0.1) is 0 Å². The number of aliphatic hydroxyl groups excluding tert-OH is 1. The van der Waals surface area contributed by atoms with E-state index >= 15 is 0 Å². The minimum Gasteiger partial charge on any atom is -0.480 e. The van der Waals surface area contributed by atoms with Gasteiger partial charge in [-0.25, -0.2) is 9.59 Å². The Bertz CT molecular complexity index is 377. The first-order chi connectivity index (χ1) is 9.52. The van der Waals surface area contributed by atoms with Crippen LogP contribution >= 0.6 is 0 Å². The molecule has 2 aliphatic rings. The molecular weight excluding hydrogens is 262 g/mol. The summed E-state index contributed by atoms with van der Waals surface area (Å²) in [5.41, 5.74) is 0. The number of nitrogens with zero attached hydrogens (tertiary/aromatic N) is 2. The Hall–Kier alpha value is -1.34. The fourth-order valence-corrected chi connectivity index (χ4v) is 3.12. The summed E-state index contributed by atoms with van der Waals surface area (Å²) in [5.74, 6) is -1.06. The molecule has 7 nitrogen and oxygen atoms in total. The van der Waals surface area contributed by atoms with Crippen LogP contribution in [0.3, 0.4) is 0 Å². The van der Waals surface area contributed by atoms with E-state index in [9.17, 15) is 14.7 Å². The molecular formula is C13H23N3O4. The second-order valence-corrected chi connectivity index (χ2v) is 5.51. The highest BCUT2D eigenvalue weighted by atomic mass is 16.4. The number of hydrogen-bond acceptors (Lipinski definition) is 4. The van der Waals surface area contributed by atoms with Gasteiger partial charge in [0.1, 0.15) is 6.04 Å². The molecule has 2 saturated heterocycles. The monoisotopic (exact) mass is 285 g/mol.